The summed E-state index contributed by atoms with van der Waals surface area (Å²) in [5.74, 6) is -0.236. The van der Waals surface area contributed by atoms with Crippen LogP contribution in [0.25, 0.3) is 22.2 Å². The third-order valence-electron chi connectivity index (χ3n) is 3.27. The highest BCUT2D eigenvalue weighted by atomic mass is 127. The molecule has 0 unspecified atom stereocenters. The first-order chi connectivity index (χ1) is 10.2. The Balaban J connectivity index is 2.29. The van der Waals surface area contributed by atoms with Gasteiger partial charge >= 0.3 is 0 Å². The molecule has 0 atom stereocenters. The van der Waals surface area contributed by atoms with Crippen molar-refractivity contribution in [3.8, 4) is 11.3 Å². The number of halogens is 2. The fraction of sp³-hybridized carbons (Fsp3) is 0.118. The first kappa shape index (κ1) is 14.3. The molecule has 3 rings (SSSR count). The molecular formula is C17H14FIN2. The van der Waals surface area contributed by atoms with Crippen molar-refractivity contribution in [3.63, 3.8) is 0 Å². The van der Waals surface area contributed by atoms with E-state index in [1.165, 1.54) is 12.1 Å². The Labute approximate surface area is 136 Å². The molecule has 1 aromatic heterocycles. The summed E-state index contributed by atoms with van der Waals surface area (Å²) in [5, 5.41) is 4.13. The van der Waals surface area contributed by atoms with E-state index in [1.807, 2.05) is 43.3 Å². The van der Waals surface area contributed by atoms with Crippen molar-refractivity contribution in [1.82, 2.24) is 4.98 Å². The molecule has 1 N–H and O–H groups in total. The van der Waals surface area contributed by atoms with E-state index in [4.69, 9.17) is 4.98 Å². The van der Waals surface area contributed by atoms with Gasteiger partial charge in [-0.25, -0.2) is 9.37 Å². The molecule has 0 spiro atoms. The lowest BCUT2D eigenvalue weighted by Gasteiger charge is -2.12. The number of benzene rings is 2. The maximum Gasteiger partial charge on any atom is 0.125 e. The van der Waals surface area contributed by atoms with Crippen molar-refractivity contribution in [2.24, 2.45) is 0 Å². The zero-order valence-corrected chi connectivity index (χ0v) is 13.7. The second kappa shape index (κ2) is 5.97. The lowest BCUT2D eigenvalue weighted by atomic mass is 10.1. The van der Waals surface area contributed by atoms with Crippen LogP contribution in [0.1, 0.15) is 6.92 Å². The van der Waals surface area contributed by atoms with E-state index in [0.29, 0.717) is 0 Å². The molecule has 0 radical (unpaired) electrons. The average Bonchev–Trinajstić information content (AvgIpc) is 2.49. The standard InChI is InChI=1S/C17H14FIN2/c1-2-20-16-10-15(11-6-4-3-5-7-11)21-17-13(16)8-12(18)9-14(17)19/h3-10H,2H2,1H3,(H,20,21). The number of hydrogen-bond acceptors (Lipinski definition) is 2. The predicted molar refractivity (Wildman–Crippen MR) is 94.0 cm³/mol. The molecule has 4 heteroatoms. The summed E-state index contributed by atoms with van der Waals surface area (Å²) in [4.78, 5) is 4.71. The van der Waals surface area contributed by atoms with Gasteiger partial charge in [-0.3, -0.25) is 0 Å². The van der Waals surface area contributed by atoms with Gasteiger partial charge in [0.15, 0.2) is 0 Å². The molecule has 0 aliphatic rings. The van der Waals surface area contributed by atoms with Crippen molar-refractivity contribution in [1.29, 1.82) is 0 Å². The van der Waals surface area contributed by atoms with Gasteiger partial charge in [-0.05, 0) is 47.7 Å². The van der Waals surface area contributed by atoms with Gasteiger partial charge in [0.2, 0.25) is 0 Å². The Kier molecular flexibility index (Phi) is 4.05. The second-order valence-electron chi connectivity index (χ2n) is 4.74. The Morgan fingerprint density at radius 1 is 1.14 bits per heavy atom. The average molecular weight is 392 g/mol. The topological polar surface area (TPSA) is 24.9 Å². The van der Waals surface area contributed by atoms with Crippen LogP contribution in [-0.4, -0.2) is 11.5 Å². The van der Waals surface area contributed by atoms with Crippen LogP contribution in [0.15, 0.2) is 48.5 Å². The number of aromatic nitrogens is 1. The van der Waals surface area contributed by atoms with Crippen LogP contribution in [0, 0.1) is 9.39 Å². The summed E-state index contributed by atoms with van der Waals surface area (Å²) in [5.41, 5.74) is 3.69. The van der Waals surface area contributed by atoms with Crippen LogP contribution in [0.3, 0.4) is 0 Å². The third-order valence-corrected chi connectivity index (χ3v) is 4.09. The van der Waals surface area contributed by atoms with Crippen molar-refractivity contribution in [2.75, 3.05) is 11.9 Å². The minimum Gasteiger partial charge on any atom is -0.385 e. The van der Waals surface area contributed by atoms with E-state index in [0.717, 1.165) is 38.0 Å². The van der Waals surface area contributed by atoms with Crippen LogP contribution in [0.5, 0.6) is 0 Å². The van der Waals surface area contributed by atoms with Gasteiger partial charge in [-0.2, -0.15) is 0 Å². The van der Waals surface area contributed by atoms with Crippen LogP contribution in [0.2, 0.25) is 0 Å². The Hall–Kier alpha value is -1.69. The van der Waals surface area contributed by atoms with Crippen molar-refractivity contribution in [3.05, 3.63) is 57.9 Å². The first-order valence-electron chi connectivity index (χ1n) is 6.78. The summed E-state index contributed by atoms with van der Waals surface area (Å²) < 4.78 is 14.5. The van der Waals surface area contributed by atoms with Crippen molar-refractivity contribution >= 4 is 39.2 Å². The van der Waals surface area contributed by atoms with E-state index >= 15 is 0 Å². The van der Waals surface area contributed by atoms with Crippen LogP contribution in [-0.2, 0) is 0 Å². The zero-order chi connectivity index (χ0) is 14.8. The Morgan fingerprint density at radius 2 is 1.90 bits per heavy atom. The van der Waals surface area contributed by atoms with E-state index in [1.54, 1.807) is 0 Å². The minimum atomic E-state index is -0.236. The molecule has 2 nitrogen and oxygen atoms in total. The lowest BCUT2D eigenvalue weighted by molar-refractivity contribution is 0.629. The smallest absolute Gasteiger partial charge is 0.125 e. The molecule has 2 aromatic carbocycles. The second-order valence-corrected chi connectivity index (χ2v) is 5.90. The summed E-state index contributed by atoms with van der Waals surface area (Å²) in [7, 11) is 0. The minimum absolute atomic E-state index is 0.236. The number of anilines is 1. The fourth-order valence-corrected chi connectivity index (χ4v) is 3.05. The quantitative estimate of drug-likeness (QED) is 0.629. The molecule has 21 heavy (non-hydrogen) atoms. The van der Waals surface area contributed by atoms with Crippen molar-refractivity contribution in [2.45, 2.75) is 6.92 Å². The van der Waals surface area contributed by atoms with Crippen LogP contribution in [0.4, 0.5) is 10.1 Å². The van der Waals surface area contributed by atoms with Gasteiger partial charge in [0.25, 0.3) is 0 Å². The number of rotatable bonds is 3. The largest absolute Gasteiger partial charge is 0.385 e. The fourth-order valence-electron chi connectivity index (χ4n) is 2.35. The van der Waals surface area contributed by atoms with Crippen molar-refractivity contribution < 1.29 is 4.39 Å². The van der Waals surface area contributed by atoms with Gasteiger partial charge in [0, 0.05) is 26.8 Å². The highest BCUT2D eigenvalue weighted by molar-refractivity contribution is 14.1. The number of nitrogens with one attached hydrogen (secondary N) is 1. The highest BCUT2D eigenvalue weighted by Gasteiger charge is 2.11. The molecule has 0 aliphatic carbocycles. The molecular weight excluding hydrogens is 378 g/mol. The van der Waals surface area contributed by atoms with Gasteiger partial charge in [0.05, 0.1) is 11.2 Å². The summed E-state index contributed by atoms with van der Waals surface area (Å²) in [6.45, 7) is 2.80. The molecule has 3 aromatic rings. The third kappa shape index (κ3) is 2.85. The summed E-state index contributed by atoms with van der Waals surface area (Å²) in [6, 6.07) is 15.1. The Morgan fingerprint density at radius 3 is 2.62 bits per heavy atom. The number of nitrogens with zero attached hydrogens (tertiary/aromatic N) is 1. The lowest BCUT2D eigenvalue weighted by Crippen LogP contribution is -2.00. The first-order valence-corrected chi connectivity index (χ1v) is 7.86. The molecule has 0 saturated heterocycles. The maximum atomic E-state index is 13.7. The van der Waals surface area contributed by atoms with Gasteiger partial charge in [-0.1, -0.05) is 30.3 Å². The molecule has 0 amide bonds. The maximum absolute atomic E-state index is 13.7. The molecule has 0 saturated carbocycles. The normalized spacial score (nSPS) is 10.8. The molecule has 1 heterocycles. The SMILES string of the molecule is CCNc1cc(-c2ccccc2)nc2c(I)cc(F)cc12. The summed E-state index contributed by atoms with van der Waals surface area (Å²) >= 11 is 2.13. The van der Waals surface area contributed by atoms with E-state index < -0.39 is 0 Å². The van der Waals surface area contributed by atoms with E-state index in [2.05, 4.69) is 27.9 Å². The van der Waals surface area contributed by atoms with E-state index in [9.17, 15) is 4.39 Å². The van der Waals surface area contributed by atoms with E-state index in [-0.39, 0.29) is 5.82 Å². The predicted octanol–water partition coefficient (Wildman–Crippen LogP) is 5.08. The number of pyridine rings is 1. The van der Waals surface area contributed by atoms with Gasteiger partial charge < -0.3 is 5.32 Å². The summed E-state index contributed by atoms with van der Waals surface area (Å²) in [6.07, 6.45) is 0. The van der Waals surface area contributed by atoms with Crippen LogP contribution < -0.4 is 5.32 Å². The molecule has 106 valence electrons. The number of fused-ring (bicyclic) bond motifs is 1. The Bertz CT molecular complexity index is 788. The monoisotopic (exact) mass is 392 g/mol. The highest BCUT2D eigenvalue weighted by Crippen LogP contribution is 2.31. The number of hydrogen-bond donors (Lipinski definition) is 1. The molecule has 0 bridgehead atoms. The zero-order valence-electron chi connectivity index (χ0n) is 11.5. The molecule has 0 fully saturated rings. The van der Waals surface area contributed by atoms with Gasteiger partial charge in [0.1, 0.15) is 5.82 Å². The van der Waals surface area contributed by atoms with Crippen LogP contribution >= 0.6 is 22.6 Å². The van der Waals surface area contributed by atoms with Gasteiger partial charge in [-0.15, -0.1) is 0 Å². The molecule has 0 aliphatic heterocycles.